The highest BCUT2D eigenvalue weighted by atomic mass is 32.1. The van der Waals surface area contributed by atoms with Crippen LogP contribution in [0, 0.1) is 6.92 Å². The van der Waals surface area contributed by atoms with E-state index in [-0.39, 0.29) is 6.61 Å². The molecule has 0 amide bonds. The average molecular weight is 210 g/mol. The Morgan fingerprint density at radius 1 is 1.54 bits per heavy atom. The number of aliphatic hydroxyl groups excluding tert-OH is 1. The molecule has 13 heavy (non-hydrogen) atoms. The Kier molecular flexibility index (Phi) is 2.32. The lowest BCUT2D eigenvalue weighted by Crippen LogP contribution is -1.90. The van der Waals surface area contributed by atoms with Crippen LogP contribution in [0.15, 0.2) is 22.4 Å². The van der Waals surface area contributed by atoms with Gasteiger partial charge in [0, 0.05) is 9.60 Å². The van der Waals surface area contributed by atoms with Crippen LogP contribution in [-0.2, 0) is 6.61 Å². The molecule has 68 valence electrons. The van der Waals surface area contributed by atoms with Crippen LogP contribution in [0.4, 0.5) is 0 Å². The minimum Gasteiger partial charge on any atom is -0.392 e. The molecule has 0 spiro atoms. The van der Waals surface area contributed by atoms with Crippen LogP contribution >= 0.6 is 24.0 Å². The standard InChI is InChI=1S/C10H10OS2/c1-6-8(5-11)10-7(2-3-13-10)4-9(6)12/h2-4,11-12H,5H2,1H3. The van der Waals surface area contributed by atoms with Crippen LogP contribution in [0.1, 0.15) is 11.1 Å². The number of aliphatic hydroxyl groups is 1. The molecule has 0 radical (unpaired) electrons. The van der Waals surface area contributed by atoms with Gasteiger partial charge >= 0.3 is 0 Å². The van der Waals surface area contributed by atoms with Crippen molar-refractivity contribution < 1.29 is 5.11 Å². The van der Waals surface area contributed by atoms with Crippen LogP contribution in [0.5, 0.6) is 0 Å². The van der Waals surface area contributed by atoms with E-state index in [1.165, 1.54) is 10.1 Å². The molecule has 0 aliphatic carbocycles. The van der Waals surface area contributed by atoms with E-state index < -0.39 is 0 Å². The van der Waals surface area contributed by atoms with Crippen molar-refractivity contribution in [2.24, 2.45) is 0 Å². The van der Waals surface area contributed by atoms with E-state index in [0.29, 0.717) is 0 Å². The first kappa shape index (κ1) is 9.06. The predicted octanol–water partition coefficient (Wildman–Crippen LogP) is 2.99. The third kappa shape index (κ3) is 1.37. The van der Waals surface area contributed by atoms with E-state index in [2.05, 4.69) is 18.7 Å². The van der Waals surface area contributed by atoms with Crippen molar-refractivity contribution in [3.63, 3.8) is 0 Å². The molecule has 1 heterocycles. The maximum atomic E-state index is 9.23. The molecule has 0 aliphatic rings. The Labute approximate surface area is 86.4 Å². The molecule has 0 saturated heterocycles. The van der Waals surface area contributed by atoms with Gasteiger partial charge in [0.25, 0.3) is 0 Å². The molecule has 0 atom stereocenters. The summed E-state index contributed by atoms with van der Waals surface area (Å²) in [6.45, 7) is 2.09. The van der Waals surface area contributed by atoms with Gasteiger partial charge in [-0.1, -0.05) is 0 Å². The molecule has 3 heteroatoms. The molecule has 0 aliphatic heterocycles. The van der Waals surface area contributed by atoms with Gasteiger partial charge in [0.05, 0.1) is 6.61 Å². The molecule has 1 aromatic heterocycles. The lowest BCUT2D eigenvalue weighted by Gasteiger charge is -2.06. The molecule has 1 aromatic carbocycles. The van der Waals surface area contributed by atoms with Crippen molar-refractivity contribution in [2.75, 3.05) is 0 Å². The summed E-state index contributed by atoms with van der Waals surface area (Å²) in [7, 11) is 0. The highest BCUT2D eigenvalue weighted by molar-refractivity contribution is 7.80. The fourth-order valence-corrected chi connectivity index (χ4v) is 2.70. The number of benzene rings is 1. The molecule has 1 N–H and O–H groups in total. The minimum atomic E-state index is 0.0945. The first-order valence-electron chi connectivity index (χ1n) is 4.03. The third-order valence-electron chi connectivity index (χ3n) is 2.26. The van der Waals surface area contributed by atoms with Crippen LogP contribution in [0.2, 0.25) is 0 Å². The number of hydrogen-bond acceptors (Lipinski definition) is 3. The van der Waals surface area contributed by atoms with Gasteiger partial charge in [-0.05, 0) is 40.9 Å². The van der Waals surface area contributed by atoms with E-state index in [0.717, 1.165) is 16.0 Å². The summed E-state index contributed by atoms with van der Waals surface area (Å²) in [5.41, 5.74) is 2.10. The summed E-state index contributed by atoms with van der Waals surface area (Å²) in [4.78, 5) is 0.954. The second-order valence-corrected chi connectivity index (χ2v) is 4.39. The first-order valence-corrected chi connectivity index (χ1v) is 5.36. The number of hydrogen-bond donors (Lipinski definition) is 2. The van der Waals surface area contributed by atoms with Crippen LogP contribution in [0.25, 0.3) is 10.1 Å². The summed E-state index contributed by atoms with van der Waals surface area (Å²) in [5.74, 6) is 0. The van der Waals surface area contributed by atoms with Crippen LogP contribution in [-0.4, -0.2) is 5.11 Å². The summed E-state index contributed by atoms with van der Waals surface area (Å²) in [5, 5.41) is 12.4. The molecule has 0 bridgehead atoms. The molecule has 1 nitrogen and oxygen atoms in total. The van der Waals surface area contributed by atoms with E-state index in [4.69, 9.17) is 0 Å². The maximum Gasteiger partial charge on any atom is 0.0698 e. The molecule has 2 rings (SSSR count). The van der Waals surface area contributed by atoms with E-state index >= 15 is 0 Å². The van der Waals surface area contributed by atoms with Gasteiger partial charge in [0.2, 0.25) is 0 Å². The molecule has 0 fully saturated rings. The second kappa shape index (κ2) is 3.33. The zero-order valence-electron chi connectivity index (χ0n) is 7.24. The van der Waals surface area contributed by atoms with Crippen LogP contribution in [0.3, 0.4) is 0 Å². The zero-order chi connectivity index (χ0) is 9.42. The largest absolute Gasteiger partial charge is 0.392 e. The number of thiophene rings is 1. The SMILES string of the molecule is Cc1c(S)cc2ccsc2c1CO. The monoisotopic (exact) mass is 210 g/mol. The quantitative estimate of drug-likeness (QED) is 0.693. The van der Waals surface area contributed by atoms with Gasteiger partial charge in [-0.25, -0.2) is 0 Å². The zero-order valence-corrected chi connectivity index (χ0v) is 8.95. The van der Waals surface area contributed by atoms with Gasteiger partial charge in [-0.2, -0.15) is 0 Å². The summed E-state index contributed by atoms with van der Waals surface area (Å²) >= 11 is 6.03. The smallest absolute Gasteiger partial charge is 0.0698 e. The maximum absolute atomic E-state index is 9.23. The van der Waals surface area contributed by atoms with Crippen LogP contribution < -0.4 is 0 Å². The number of fused-ring (bicyclic) bond motifs is 1. The lowest BCUT2D eigenvalue weighted by atomic mass is 10.1. The van der Waals surface area contributed by atoms with E-state index in [1.807, 2.05) is 18.4 Å². The Morgan fingerprint density at radius 3 is 3.00 bits per heavy atom. The number of thiol groups is 1. The van der Waals surface area contributed by atoms with Gasteiger partial charge < -0.3 is 5.11 Å². The highest BCUT2D eigenvalue weighted by Crippen LogP contribution is 2.31. The van der Waals surface area contributed by atoms with Crippen molar-refractivity contribution in [1.29, 1.82) is 0 Å². The van der Waals surface area contributed by atoms with Crippen molar-refractivity contribution in [1.82, 2.24) is 0 Å². The van der Waals surface area contributed by atoms with E-state index in [1.54, 1.807) is 11.3 Å². The molecule has 2 aromatic rings. The summed E-state index contributed by atoms with van der Waals surface area (Å²) < 4.78 is 1.18. The molecule has 0 unspecified atom stereocenters. The third-order valence-corrected chi connectivity index (χ3v) is 3.71. The minimum absolute atomic E-state index is 0.0945. The van der Waals surface area contributed by atoms with Gasteiger partial charge in [0.1, 0.15) is 0 Å². The van der Waals surface area contributed by atoms with Crippen molar-refractivity contribution in [3.05, 3.63) is 28.6 Å². The first-order chi connectivity index (χ1) is 6.24. The van der Waals surface area contributed by atoms with Gasteiger partial charge in [-0.15, -0.1) is 24.0 Å². The highest BCUT2D eigenvalue weighted by Gasteiger charge is 2.07. The summed E-state index contributed by atoms with van der Waals surface area (Å²) in [6.07, 6.45) is 0. The Morgan fingerprint density at radius 2 is 2.31 bits per heavy atom. The van der Waals surface area contributed by atoms with Gasteiger partial charge in [-0.3, -0.25) is 0 Å². The Hall–Kier alpha value is -0.510. The van der Waals surface area contributed by atoms with Crippen molar-refractivity contribution in [2.45, 2.75) is 18.4 Å². The lowest BCUT2D eigenvalue weighted by molar-refractivity contribution is 0.282. The predicted molar refractivity (Wildman–Crippen MR) is 59.7 cm³/mol. The van der Waals surface area contributed by atoms with E-state index in [9.17, 15) is 5.11 Å². The topological polar surface area (TPSA) is 20.2 Å². The fraction of sp³-hybridized carbons (Fsp3) is 0.200. The van der Waals surface area contributed by atoms with Crippen molar-refractivity contribution >= 4 is 34.1 Å². The molecule has 0 saturated carbocycles. The summed E-state index contributed by atoms with van der Waals surface area (Å²) in [6, 6.07) is 4.10. The second-order valence-electron chi connectivity index (χ2n) is 3.00. The Bertz CT molecular complexity index is 445. The average Bonchev–Trinajstić information content (AvgIpc) is 2.54. The molecular weight excluding hydrogens is 200 g/mol. The van der Waals surface area contributed by atoms with Gasteiger partial charge in [0.15, 0.2) is 0 Å². The van der Waals surface area contributed by atoms with Crippen molar-refractivity contribution in [3.8, 4) is 0 Å². The Balaban J connectivity index is 2.87. The molecular formula is C10H10OS2. The number of rotatable bonds is 1. The fourth-order valence-electron chi connectivity index (χ4n) is 1.45. The normalized spacial score (nSPS) is 11.0.